The molecule has 0 radical (unpaired) electrons. The summed E-state index contributed by atoms with van der Waals surface area (Å²) in [5.74, 6) is -0.174. The van der Waals surface area contributed by atoms with Crippen LogP contribution >= 0.6 is 0 Å². The molecule has 1 amide bonds. The molecule has 4 nitrogen and oxygen atoms in total. The van der Waals surface area contributed by atoms with Crippen LogP contribution in [0.2, 0.25) is 0 Å². The lowest BCUT2D eigenvalue weighted by atomic mass is 10.2. The second-order valence-corrected chi connectivity index (χ2v) is 4.05. The molecule has 0 saturated heterocycles. The number of furan rings is 1. The van der Waals surface area contributed by atoms with Crippen molar-refractivity contribution < 1.29 is 9.21 Å². The summed E-state index contributed by atoms with van der Waals surface area (Å²) in [6.45, 7) is 4.84. The standard InChI is InChI=1S/C14H16N2O2/c1-3-15-13-8-10(2)4-5-12(13)16-14(17)11-6-7-18-9-11/h4-9,15H,3H2,1-2H3,(H,16,17). The molecule has 0 unspecified atom stereocenters. The summed E-state index contributed by atoms with van der Waals surface area (Å²) in [6.07, 6.45) is 2.91. The minimum absolute atomic E-state index is 0.174. The van der Waals surface area contributed by atoms with Gasteiger partial charge in [0.1, 0.15) is 6.26 Å². The lowest BCUT2D eigenvalue weighted by Gasteiger charge is -2.12. The molecule has 1 aromatic carbocycles. The first-order valence-corrected chi connectivity index (χ1v) is 5.88. The maximum atomic E-state index is 11.9. The van der Waals surface area contributed by atoms with Crippen LogP contribution in [0.3, 0.4) is 0 Å². The molecule has 94 valence electrons. The fourth-order valence-electron chi connectivity index (χ4n) is 1.69. The normalized spacial score (nSPS) is 10.1. The van der Waals surface area contributed by atoms with Crippen LogP contribution in [0.1, 0.15) is 22.8 Å². The van der Waals surface area contributed by atoms with Crippen molar-refractivity contribution in [2.75, 3.05) is 17.2 Å². The second kappa shape index (κ2) is 5.40. The highest BCUT2D eigenvalue weighted by molar-refractivity contribution is 6.05. The Bertz CT molecular complexity index is 533. The zero-order valence-electron chi connectivity index (χ0n) is 10.5. The van der Waals surface area contributed by atoms with E-state index in [1.54, 1.807) is 6.07 Å². The summed E-state index contributed by atoms with van der Waals surface area (Å²) < 4.78 is 4.89. The SMILES string of the molecule is CCNc1cc(C)ccc1NC(=O)c1ccoc1. The zero-order valence-corrected chi connectivity index (χ0v) is 10.5. The Labute approximate surface area is 106 Å². The van der Waals surface area contributed by atoms with Gasteiger partial charge in [-0.05, 0) is 37.6 Å². The Morgan fingerprint density at radius 3 is 2.78 bits per heavy atom. The molecule has 0 fully saturated rings. The van der Waals surface area contributed by atoms with Gasteiger partial charge in [0.15, 0.2) is 0 Å². The lowest BCUT2D eigenvalue weighted by Crippen LogP contribution is -2.13. The van der Waals surface area contributed by atoms with Crippen molar-refractivity contribution in [2.45, 2.75) is 13.8 Å². The van der Waals surface area contributed by atoms with E-state index >= 15 is 0 Å². The number of benzene rings is 1. The zero-order chi connectivity index (χ0) is 13.0. The number of carbonyl (C=O) groups excluding carboxylic acids is 1. The molecule has 0 aliphatic rings. The Balaban J connectivity index is 2.20. The highest BCUT2D eigenvalue weighted by Gasteiger charge is 2.09. The molecule has 0 aliphatic heterocycles. The van der Waals surface area contributed by atoms with Crippen molar-refractivity contribution in [3.05, 3.63) is 47.9 Å². The largest absolute Gasteiger partial charge is 0.472 e. The van der Waals surface area contributed by atoms with Gasteiger partial charge in [0, 0.05) is 6.54 Å². The maximum Gasteiger partial charge on any atom is 0.258 e. The Morgan fingerprint density at radius 1 is 1.28 bits per heavy atom. The molecule has 0 bridgehead atoms. The van der Waals surface area contributed by atoms with E-state index in [0.29, 0.717) is 5.56 Å². The van der Waals surface area contributed by atoms with Gasteiger partial charge in [-0.3, -0.25) is 4.79 Å². The molecule has 2 rings (SSSR count). The monoisotopic (exact) mass is 244 g/mol. The van der Waals surface area contributed by atoms with E-state index in [1.165, 1.54) is 12.5 Å². The highest BCUT2D eigenvalue weighted by atomic mass is 16.3. The van der Waals surface area contributed by atoms with E-state index < -0.39 is 0 Å². The number of anilines is 2. The third-order valence-electron chi connectivity index (χ3n) is 2.57. The third kappa shape index (κ3) is 2.71. The summed E-state index contributed by atoms with van der Waals surface area (Å²) in [5.41, 5.74) is 3.35. The molecule has 2 aromatic rings. The van der Waals surface area contributed by atoms with Crippen molar-refractivity contribution in [3.63, 3.8) is 0 Å². The van der Waals surface area contributed by atoms with E-state index in [0.717, 1.165) is 23.5 Å². The predicted molar refractivity (Wildman–Crippen MR) is 72.0 cm³/mol. The van der Waals surface area contributed by atoms with Crippen LogP contribution in [0.5, 0.6) is 0 Å². The third-order valence-corrected chi connectivity index (χ3v) is 2.57. The Morgan fingerprint density at radius 2 is 2.11 bits per heavy atom. The molecule has 1 aromatic heterocycles. The van der Waals surface area contributed by atoms with Crippen LogP contribution in [0.15, 0.2) is 41.2 Å². The van der Waals surface area contributed by atoms with Crippen molar-refractivity contribution >= 4 is 17.3 Å². The summed E-state index contributed by atoms with van der Waals surface area (Å²) >= 11 is 0. The summed E-state index contributed by atoms with van der Waals surface area (Å²) in [5, 5.41) is 6.09. The first kappa shape index (κ1) is 12.2. The van der Waals surface area contributed by atoms with Crippen LogP contribution in [0.4, 0.5) is 11.4 Å². The molecular formula is C14H16N2O2. The second-order valence-electron chi connectivity index (χ2n) is 4.05. The number of aryl methyl sites for hydroxylation is 1. The maximum absolute atomic E-state index is 11.9. The van der Waals surface area contributed by atoms with E-state index in [1.807, 2.05) is 32.0 Å². The van der Waals surface area contributed by atoms with E-state index in [4.69, 9.17) is 4.42 Å². The minimum Gasteiger partial charge on any atom is -0.472 e. The van der Waals surface area contributed by atoms with Crippen LogP contribution in [0, 0.1) is 6.92 Å². The average Bonchev–Trinajstić information content (AvgIpc) is 2.86. The summed E-state index contributed by atoms with van der Waals surface area (Å²) in [4.78, 5) is 11.9. The first-order chi connectivity index (χ1) is 8.70. The molecule has 0 aliphatic carbocycles. The highest BCUT2D eigenvalue weighted by Crippen LogP contribution is 2.23. The molecule has 0 atom stereocenters. The molecule has 2 N–H and O–H groups in total. The Hall–Kier alpha value is -2.23. The number of nitrogens with one attached hydrogen (secondary N) is 2. The molecular weight excluding hydrogens is 228 g/mol. The fraction of sp³-hybridized carbons (Fsp3) is 0.214. The number of hydrogen-bond donors (Lipinski definition) is 2. The van der Waals surface area contributed by atoms with Crippen molar-refractivity contribution in [1.82, 2.24) is 0 Å². The lowest BCUT2D eigenvalue weighted by molar-refractivity contribution is 0.102. The van der Waals surface area contributed by atoms with Crippen LogP contribution in [0.25, 0.3) is 0 Å². The van der Waals surface area contributed by atoms with Crippen LogP contribution < -0.4 is 10.6 Å². The summed E-state index contributed by atoms with van der Waals surface area (Å²) in [7, 11) is 0. The average molecular weight is 244 g/mol. The smallest absolute Gasteiger partial charge is 0.258 e. The van der Waals surface area contributed by atoms with Gasteiger partial charge >= 0.3 is 0 Å². The number of carbonyl (C=O) groups is 1. The van der Waals surface area contributed by atoms with Gasteiger partial charge in [-0.25, -0.2) is 0 Å². The van der Waals surface area contributed by atoms with Gasteiger partial charge in [0.05, 0.1) is 23.2 Å². The van der Waals surface area contributed by atoms with Gasteiger partial charge in [-0.2, -0.15) is 0 Å². The van der Waals surface area contributed by atoms with Crippen LogP contribution in [-0.2, 0) is 0 Å². The van der Waals surface area contributed by atoms with E-state index in [9.17, 15) is 4.79 Å². The van der Waals surface area contributed by atoms with Crippen molar-refractivity contribution in [3.8, 4) is 0 Å². The summed E-state index contributed by atoms with van der Waals surface area (Å²) in [6, 6.07) is 7.50. The molecule has 1 heterocycles. The van der Waals surface area contributed by atoms with E-state index in [-0.39, 0.29) is 5.91 Å². The molecule has 4 heteroatoms. The van der Waals surface area contributed by atoms with E-state index in [2.05, 4.69) is 10.6 Å². The first-order valence-electron chi connectivity index (χ1n) is 5.88. The van der Waals surface area contributed by atoms with Gasteiger partial charge in [0.25, 0.3) is 5.91 Å². The molecule has 0 spiro atoms. The van der Waals surface area contributed by atoms with Gasteiger partial charge in [-0.1, -0.05) is 6.07 Å². The number of hydrogen-bond acceptors (Lipinski definition) is 3. The number of amides is 1. The minimum atomic E-state index is -0.174. The quantitative estimate of drug-likeness (QED) is 0.867. The molecule has 18 heavy (non-hydrogen) atoms. The number of rotatable bonds is 4. The van der Waals surface area contributed by atoms with Gasteiger partial charge in [0.2, 0.25) is 0 Å². The fourth-order valence-corrected chi connectivity index (χ4v) is 1.69. The van der Waals surface area contributed by atoms with Crippen molar-refractivity contribution in [2.24, 2.45) is 0 Å². The van der Waals surface area contributed by atoms with Crippen molar-refractivity contribution in [1.29, 1.82) is 0 Å². The Kier molecular flexibility index (Phi) is 3.67. The molecule has 0 saturated carbocycles. The topological polar surface area (TPSA) is 54.3 Å². The van der Waals surface area contributed by atoms with Gasteiger partial charge in [-0.15, -0.1) is 0 Å². The van der Waals surface area contributed by atoms with Crippen LogP contribution in [-0.4, -0.2) is 12.5 Å². The van der Waals surface area contributed by atoms with Gasteiger partial charge < -0.3 is 15.1 Å². The predicted octanol–water partition coefficient (Wildman–Crippen LogP) is 3.27.